The molecule has 46 heavy (non-hydrogen) atoms. The number of oxime groups is 1. The van der Waals surface area contributed by atoms with E-state index in [1.165, 1.54) is 20.9 Å². The Hall–Kier alpha value is -5.71. The van der Waals surface area contributed by atoms with Crippen LogP contribution in [0.5, 0.6) is 11.5 Å². The minimum absolute atomic E-state index is 0.0351. The van der Waals surface area contributed by atoms with Gasteiger partial charge in [0.1, 0.15) is 11.7 Å². The number of thiazole rings is 1. The maximum absolute atomic E-state index is 12.9. The molecule has 2 aromatic rings. The number of hydrogen-bond donors (Lipinski definition) is 7. The number of likely N-dealkylation sites (tertiary alicyclic amines) is 1. The number of rotatable bonds is 9. The number of imide groups is 2. The second-order valence-electron chi connectivity index (χ2n) is 9.97. The van der Waals surface area contributed by atoms with Crippen LogP contribution in [0.1, 0.15) is 19.5 Å². The van der Waals surface area contributed by atoms with Crippen LogP contribution >= 0.6 is 11.3 Å². The van der Waals surface area contributed by atoms with Crippen molar-refractivity contribution in [2.24, 2.45) is 5.16 Å². The lowest BCUT2D eigenvalue weighted by Gasteiger charge is -2.36. The summed E-state index contributed by atoms with van der Waals surface area (Å²) in [5.41, 5.74) is 3.19. The lowest BCUT2D eigenvalue weighted by Crippen LogP contribution is -2.68. The number of carboxylic acids is 1. The van der Waals surface area contributed by atoms with Gasteiger partial charge in [-0.2, -0.15) is 8.42 Å². The van der Waals surface area contributed by atoms with E-state index in [0.717, 1.165) is 42.2 Å². The first-order chi connectivity index (χ1) is 21.4. The number of urea groups is 3. The van der Waals surface area contributed by atoms with Crippen LogP contribution in [0.3, 0.4) is 0 Å². The maximum atomic E-state index is 12.9. The number of phenolic OH excluding ortho intramolecular Hbond substituents is 2. The van der Waals surface area contributed by atoms with Crippen LogP contribution in [-0.4, -0.2) is 111 Å². The van der Waals surface area contributed by atoms with E-state index in [1.807, 2.05) is 0 Å². The van der Waals surface area contributed by atoms with E-state index in [2.05, 4.69) is 15.5 Å². The van der Waals surface area contributed by atoms with Crippen molar-refractivity contribution in [2.45, 2.75) is 25.5 Å². The van der Waals surface area contributed by atoms with Crippen molar-refractivity contribution in [3.8, 4) is 11.5 Å². The molecule has 23 heteroatoms. The van der Waals surface area contributed by atoms with Gasteiger partial charge in [0, 0.05) is 23.7 Å². The van der Waals surface area contributed by atoms with E-state index < -0.39 is 81.5 Å². The molecule has 21 nitrogen and oxygen atoms in total. The Balaban J connectivity index is 1.34. The Labute approximate surface area is 262 Å². The van der Waals surface area contributed by atoms with Gasteiger partial charge in [-0.25, -0.2) is 38.5 Å². The van der Waals surface area contributed by atoms with Crippen molar-refractivity contribution in [1.29, 1.82) is 0 Å². The Bertz CT molecular complexity index is 1770. The second kappa shape index (κ2) is 12.4. The van der Waals surface area contributed by atoms with Crippen LogP contribution in [0.2, 0.25) is 0 Å². The SMILES string of the molecule is CC(C)(O/N=C(\C(=O)NC1CN(C(=O)NS(=O)(=O)NC(=O)N2CCN(c3ccc(O)c(O)c3)C2=O)C1=O)c1csc(N)n1)C(=O)O. The summed E-state index contributed by atoms with van der Waals surface area (Å²) in [5, 5.41) is 35.5. The number of benzene rings is 1. The first-order valence-corrected chi connectivity index (χ1v) is 15.1. The van der Waals surface area contributed by atoms with Crippen LogP contribution in [0.15, 0.2) is 28.7 Å². The number of aromatic hydroxyl groups is 2. The molecular weight excluding hydrogens is 658 g/mol. The number of carboxylic acid groups (broad SMARTS) is 1. The molecule has 1 atom stereocenters. The van der Waals surface area contributed by atoms with Crippen LogP contribution in [0.25, 0.3) is 0 Å². The molecule has 8 N–H and O–H groups in total. The Morgan fingerprint density at radius 3 is 2.30 bits per heavy atom. The molecule has 246 valence electrons. The molecule has 0 radical (unpaired) electrons. The summed E-state index contributed by atoms with van der Waals surface area (Å²) in [6, 6.07) is -1.80. The number of nitrogens with two attached hydrogens (primary N) is 1. The summed E-state index contributed by atoms with van der Waals surface area (Å²) >= 11 is 0.928. The van der Waals surface area contributed by atoms with Crippen LogP contribution in [0.4, 0.5) is 25.2 Å². The fourth-order valence-corrected chi connectivity index (χ4v) is 5.03. The smallest absolute Gasteiger partial charge is 0.350 e. The molecule has 0 saturated carbocycles. The molecule has 1 aromatic carbocycles. The molecule has 0 aliphatic carbocycles. The number of amides is 8. The highest BCUT2D eigenvalue weighted by Gasteiger charge is 2.44. The third kappa shape index (κ3) is 6.99. The first-order valence-electron chi connectivity index (χ1n) is 12.7. The predicted octanol–water partition coefficient (Wildman–Crippen LogP) is -1.35. The Morgan fingerprint density at radius 2 is 1.74 bits per heavy atom. The van der Waals surface area contributed by atoms with Gasteiger partial charge in [-0.3, -0.25) is 19.4 Å². The summed E-state index contributed by atoms with van der Waals surface area (Å²) in [7, 11) is -4.96. The van der Waals surface area contributed by atoms with E-state index in [9.17, 15) is 52.5 Å². The third-order valence-electron chi connectivity index (χ3n) is 6.31. The van der Waals surface area contributed by atoms with E-state index in [-0.39, 0.29) is 29.6 Å². The van der Waals surface area contributed by atoms with Gasteiger partial charge in [-0.1, -0.05) is 5.16 Å². The number of nitrogens with zero attached hydrogens (tertiary/aromatic N) is 5. The normalized spacial score (nSPS) is 17.0. The zero-order valence-electron chi connectivity index (χ0n) is 23.7. The van der Waals surface area contributed by atoms with Gasteiger partial charge in [0.15, 0.2) is 22.3 Å². The highest BCUT2D eigenvalue weighted by Crippen LogP contribution is 2.31. The molecule has 0 spiro atoms. The molecule has 0 bridgehead atoms. The molecule has 2 fully saturated rings. The number of aliphatic carboxylic acids is 1. The number of hydrogen-bond acceptors (Lipinski definition) is 15. The lowest BCUT2D eigenvalue weighted by atomic mass is 10.1. The Morgan fingerprint density at radius 1 is 1.09 bits per heavy atom. The fourth-order valence-electron chi connectivity index (χ4n) is 3.75. The molecule has 2 aliphatic heterocycles. The zero-order valence-corrected chi connectivity index (χ0v) is 25.3. The zero-order chi connectivity index (χ0) is 34.1. The Kier molecular flexibility index (Phi) is 8.91. The summed E-state index contributed by atoms with van der Waals surface area (Å²) in [6.45, 7) is 1.43. The number of phenols is 2. The number of anilines is 2. The molecule has 2 saturated heterocycles. The minimum atomic E-state index is -4.96. The highest BCUT2D eigenvalue weighted by atomic mass is 32.2. The number of carbonyl (C=O) groups excluding carboxylic acids is 5. The second-order valence-corrected chi connectivity index (χ2v) is 12.3. The minimum Gasteiger partial charge on any atom is -0.504 e. The topological polar surface area (TPSA) is 304 Å². The molecular formula is C23H25N9O12S2. The van der Waals surface area contributed by atoms with Crippen molar-refractivity contribution in [3.05, 3.63) is 29.3 Å². The monoisotopic (exact) mass is 683 g/mol. The van der Waals surface area contributed by atoms with Gasteiger partial charge in [-0.15, -0.1) is 11.3 Å². The number of carbonyl (C=O) groups is 6. The van der Waals surface area contributed by atoms with Gasteiger partial charge in [0.25, 0.3) is 11.8 Å². The van der Waals surface area contributed by atoms with Crippen LogP contribution in [0, 0.1) is 0 Å². The first kappa shape index (κ1) is 33.2. The van der Waals surface area contributed by atoms with Gasteiger partial charge >= 0.3 is 34.3 Å². The summed E-state index contributed by atoms with van der Waals surface area (Å²) in [6.07, 6.45) is 0. The van der Waals surface area contributed by atoms with Gasteiger partial charge in [-0.05, 0) is 26.0 Å². The van der Waals surface area contributed by atoms with Crippen LogP contribution < -0.4 is 25.4 Å². The number of nitrogen functional groups attached to an aromatic ring is 1. The van der Waals surface area contributed by atoms with Crippen molar-refractivity contribution < 1.29 is 57.3 Å². The van der Waals surface area contributed by atoms with E-state index in [4.69, 9.17) is 10.6 Å². The van der Waals surface area contributed by atoms with E-state index in [1.54, 1.807) is 0 Å². The highest BCUT2D eigenvalue weighted by molar-refractivity contribution is 7.88. The molecule has 2 aliphatic rings. The quantitative estimate of drug-likeness (QED) is 0.0696. The average Bonchev–Trinajstić information content (AvgIpc) is 3.56. The van der Waals surface area contributed by atoms with Gasteiger partial charge in [0.2, 0.25) is 5.60 Å². The van der Waals surface area contributed by atoms with E-state index in [0.29, 0.717) is 9.80 Å². The van der Waals surface area contributed by atoms with Crippen molar-refractivity contribution in [3.63, 3.8) is 0 Å². The van der Waals surface area contributed by atoms with Crippen molar-refractivity contribution in [2.75, 3.05) is 30.3 Å². The molecule has 4 rings (SSSR count). The third-order valence-corrected chi connectivity index (χ3v) is 7.87. The largest absolute Gasteiger partial charge is 0.504 e. The summed E-state index contributed by atoms with van der Waals surface area (Å²) in [5.74, 6) is -4.50. The molecule has 1 unspecified atom stereocenters. The molecule has 3 heterocycles. The molecule has 1 aromatic heterocycles. The van der Waals surface area contributed by atoms with Gasteiger partial charge in [0.05, 0.1) is 13.1 Å². The van der Waals surface area contributed by atoms with Crippen molar-refractivity contribution >= 4 is 74.0 Å². The standard InChI is InChI=1S/C23H25N9O12S2/c1-23(2,18(37)38)44-27-15(12-9-45-19(24)26-12)16(35)25-11-8-32(17(11)36)21(40)29-46(42,43)28-20(39)31-6-5-30(22(31)41)10-3-4-13(33)14(34)7-10/h3-4,7,9,11,33-34H,5-6,8H2,1-2H3,(H2,24,26)(H,25,35)(H,28,39)(H,29,40)(H,37,38)/b27-15-. The van der Waals surface area contributed by atoms with Gasteiger partial charge < -0.3 is 31.2 Å². The number of aromatic nitrogens is 1. The number of β-lactam (4-membered cyclic amide) rings is 1. The van der Waals surface area contributed by atoms with Crippen LogP contribution in [-0.2, 0) is 29.4 Å². The van der Waals surface area contributed by atoms with E-state index >= 15 is 0 Å². The average molecular weight is 684 g/mol. The summed E-state index contributed by atoms with van der Waals surface area (Å²) < 4.78 is 27.8. The fraction of sp³-hybridized carbons (Fsp3) is 0.304. The number of nitrogens with one attached hydrogen (secondary N) is 3. The summed E-state index contributed by atoms with van der Waals surface area (Å²) in [4.78, 5) is 85.3. The lowest BCUT2D eigenvalue weighted by molar-refractivity contribution is -0.161. The molecule has 8 amide bonds. The predicted molar refractivity (Wildman–Crippen MR) is 155 cm³/mol. The maximum Gasteiger partial charge on any atom is 0.350 e. The van der Waals surface area contributed by atoms with Crippen molar-refractivity contribution in [1.82, 2.24) is 29.5 Å².